The number of nitrogens with one attached hydrogen (secondary N) is 2. The fourth-order valence-corrected chi connectivity index (χ4v) is 1.58. The van der Waals surface area contributed by atoms with Crippen LogP contribution in [0.4, 0.5) is 5.69 Å². The summed E-state index contributed by atoms with van der Waals surface area (Å²) in [5.74, 6) is 0.663. The maximum Gasteiger partial charge on any atom is 0.274 e. The third-order valence-electron chi connectivity index (χ3n) is 2.37. The zero-order valence-electron chi connectivity index (χ0n) is 11.5. The van der Waals surface area contributed by atoms with E-state index in [1.54, 1.807) is 18.2 Å². The van der Waals surface area contributed by atoms with Gasteiger partial charge in [-0.05, 0) is 20.8 Å². The first-order valence-electron chi connectivity index (χ1n) is 6.31. The molecule has 0 amide bonds. The van der Waals surface area contributed by atoms with E-state index >= 15 is 0 Å². The highest BCUT2D eigenvalue weighted by atomic mass is 16.6. The van der Waals surface area contributed by atoms with Crippen molar-refractivity contribution in [3.05, 3.63) is 39.9 Å². The molecule has 104 valence electrons. The number of nitro groups is 1. The molecule has 0 aliphatic heterocycles. The number of aliphatic imine (C=N–C) groups is 1. The van der Waals surface area contributed by atoms with Gasteiger partial charge in [0.15, 0.2) is 5.96 Å². The standard InChI is InChI=1S/C13H20N4O2/c1-4-14-13(16-10(2)3)15-9-11-7-5-6-8-12(11)17(18)19/h5-8,10H,4,9H2,1-3H3,(H2,14,15,16). The van der Waals surface area contributed by atoms with Crippen LogP contribution >= 0.6 is 0 Å². The molecule has 1 aromatic carbocycles. The average Bonchev–Trinajstić information content (AvgIpc) is 2.36. The van der Waals surface area contributed by atoms with Gasteiger partial charge in [0.1, 0.15) is 0 Å². The summed E-state index contributed by atoms with van der Waals surface area (Å²) in [5.41, 5.74) is 0.708. The van der Waals surface area contributed by atoms with Gasteiger partial charge in [0.05, 0.1) is 17.0 Å². The summed E-state index contributed by atoms with van der Waals surface area (Å²) in [6, 6.07) is 6.90. The minimum Gasteiger partial charge on any atom is -0.357 e. The van der Waals surface area contributed by atoms with Crippen molar-refractivity contribution in [3.8, 4) is 0 Å². The lowest BCUT2D eigenvalue weighted by Gasteiger charge is -2.13. The van der Waals surface area contributed by atoms with Crippen molar-refractivity contribution in [2.45, 2.75) is 33.4 Å². The number of nitro benzene ring substituents is 1. The second kappa shape index (κ2) is 7.35. The zero-order chi connectivity index (χ0) is 14.3. The zero-order valence-corrected chi connectivity index (χ0v) is 11.5. The van der Waals surface area contributed by atoms with Gasteiger partial charge in [-0.2, -0.15) is 0 Å². The summed E-state index contributed by atoms with van der Waals surface area (Å²) in [7, 11) is 0. The third-order valence-corrected chi connectivity index (χ3v) is 2.37. The quantitative estimate of drug-likeness (QED) is 0.369. The normalized spacial score (nSPS) is 11.5. The molecule has 19 heavy (non-hydrogen) atoms. The largest absolute Gasteiger partial charge is 0.357 e. The SMILES string of the molecule is CCNC(=NCc1ccccc1[N+](=O)[O-])NC(C)C. The van der Waals surface area contributed by atoms with Crippen molar-refractivity contribution >= 4 is 11.6 Å². The van der Waals surface area contributed by atoms with Gasteiger partial charge in [0.2, 0.25) is 0 Å². The minimum atomic E-state index is -0.381. The van der Waals surface area contributed by atoms with E-state index in [-0.39, 0.29) is 23.2 Å². The molecule has 0 bridgehead atoms. The van der Waals surface area contributed by atoms with Gasteiger partial charge in [-0.1, -0.05) is 18.2 Å². The Bertz CT molecular complexity index is 458. The highest BCUT2D eigenvalue weighted by Gasteiger charge is 2.11. The minimum absolute atomic E-state index is 0.103. The number of hydrogen-bond donors (Lipinski definition) is 2. The van der Waals surface area contributed by atoms with Gasteiger partial charge in [-0.25, -0.2) is 4.99 Å². The molecule has 0 saturated heterocycles. The Morgan fingerprint density at radius 2 is 2.11 bits per heavy atom. The molecule has 0 fully saturated rings. The van der Waals surface area contributed by atoms with Crippen molar-refractivity contribution < 1.29 is 4.92 Å². The van der Waals surface area contributed by atoms with Crippen LogP contribution in [0.1, 0.15) is 26.3 Å². The van der Waals surface area contributed by atoms with E-state index in [9.17, 15) is 10.1 Å². The second-order valence-electron chi connectivity index (χ2n) is 4.38. The average molecular weight is 264 g/mol. The molecule has 0 aromatic heterocycles. The molecule has 0 aliphatic rings. The van der Waals surface area contributed by atoms with E-state index in [4.69, 9.17) is 0 Å². The van der Waals surface area contributed by atoms with E-state index in [1.807, 2.05) is 20.8 Å². The van der Waals surface area contributed by atoms with E-state index in [0.717, 1.165) is 6.54 Å². The Hall–Kier alpha value is -2.11. The van der Waals surface area contributed by atoms with Crippen LogP contribution in [-0.2, 0) is 6.54 Å². The van der Waals surface area contributed by atoms with Crippen molar-refractivity contribution in [3.63, 3.8) is 0 Å². The molecule has 6 nitrogen and oxygen atoms in total. The number of para-hydroxylation sites is 1. The summed E-state index contributed by atoms with van der Waals surface area (Å²) >= 11 is 0. The van der Waals surface area contributed by atoms with E-state index in [2.05, 4.69) is 15.6 Å². The Balaban J connectivity index is 2.85. The molecule has 0 saturated carbocycles. The van der Waals surface area contributed by atoms with Gasteiger partial charge in [0.25, 0.3) is 5.69 Å². The van der Waals surface area contributed by atoms with E-state index in [1.165, 1.54) is 6.07 Å². The maximum absolute atomic E-state index is 10.9. The first kappa shape index (κ1) is 14.9. The van der Waals surface area contributed by atoms with Crippen molar-refractivity contribution in [2.24, 2.45) is 4.99 Å². The van der Waals surface area contributed by atoms with Crippen molar-refractivity contribution in [1.29, 1.82) is 0 Å². The number of rotatable bonds is 5. The van der Waals surface area contributed by atoms with Crippen LogP contribution in [0.5, 0.6) is 0 Å². The highest BCUT2D eigenvalue weighted by molar-refractivity contribution is 5.80. The lowest BCUT2D eigenvalue weighted by atomic mass is 10.2. The maximum atomic E-state index is 10.9. The molecule has 6 heteroatoms. The van der Waals surface area contributed by atoms with Gasteiger partial charge in [-0.15, -0.1) is 0 Å². The van der Waals surface area contributed by atoms with Crippen LogP contribution in [-0.4, -0.2) is 23.5 Å². The molecule has 0 radical (unpaired) electrons. The predicted octanol–water partition coefficient (Wildman–Crippen LogP) is 2.06. The Labute approximate surface area is 113 Å². The predicted molar refractivity (Wildman–Crippen MR) is 76.2 cm³/mol. The van der Waals surface area contributed by atoms with Crippen LogP contribution in [0.15, 0.2) is 29.3 Å². The van der Waals surface area contributed by atoms with E-state index in [0.29, 0.717) is 11.5 Å². The summed E-state index contributed by atoms with van der Waals surface area (Å²) in [6.45, 7) is 7.02. The van der Waals surface area contributed by atoms with Gasteiger partial charge >= 0.3 is 0 Å². The molecule has 0 aliphatic carbocycles. The Morgan fingerprint density at radius 1 is 1.42 bits per heavy atom. The molecule has 0 spiro atoms. The van der Waals surface area contributed by atoms with Crippen LogP contribution in [0.25, 0.3) is 0 Å². The number of hydrogen-bond acceptors (Lipinski definition) is 3. The molecular formula is C13H20N4O2. The van der Waals surface area contributed by atoms with Crippen LogP contribution in [0.3, 0.4) is 0 Å². The first-order valence-corrected chi connectivity index (χ1v) is 6.31. The first-order chi connectivity index (χ1) is 9.04. The highest BCUT2D eigenvalue weighted by Crippen LogP contribution is 2.18. The number of nitrogens with zero attached hydrogens (tertiary/aromatic N) is 2. The molecule has 1 aromatic rings. The lowest BCUT2D eigenvalue weighted by molar-refractivity contribution is -0.385. The summed E-state index contributed by atoms with van der Waals surface area (Å²) in [4.78, 5) is 14.9. The van der Waals surface area contributed by atoms with Crippen molar-refractivity contribution in [2.75, 3.05) is 6.54 Å². The lowest BCUT2D eigenvalue weighted by Crippen LogP contribution is -2.41. The number of benzene rings is 1. The van der Waals surface area contributed by atoms with Gasteiger partial charge in [-0.3, -0.25) is 10.1 Å². The summed E-state index contributed by atoms with van der Waals surface area (Å²) in [6.07, 6.45) is 0. The second-order valence-corrected chi connectivity index (χ2v) is 4.38. The molecule has 0 heterocycles. The topological polar surface area (TPSA) is 79.6 Å². The third kappa shape index (κ3) is 4.95. The smallest absolute Gasteiger partial charge is 0.274 e. The Kier molecular flexibility index (Phi) is 5.78. The molecule has 0 unspecified atom stereocenters. The molecule has 1 rings (SSSR count). The monoisotopic (exact) mass is 264 g/mol. The fraction of sp³-hybridized carbons (Fsp3) is 0.462. The van der Waals surface area contributed by atoms with Crippen LogP contribution < -0.4 is 10.6 Å². The fourth-order valence-electron chi connectivity index (χ4n) is 1.58. The van der Waals surface area contributed by atoms with E-state index < -0.39 is 0 Å². The summed E-state index contributed by atoms with van der Waals surface area (Å²) in [5, 5.41) is 17.2. The molecule has 2 N–H and O–H groups in total. The van der Waals surface area contributed by atoms with Gasteiger partial charge in [0, 0.05) is 18.7 Å². The molecule has 0 atom stereocenters. The summed E-state index contributed by atoms with van der Waals surface area (Å²) < 4.78 is 0. The Morgan fingerprint density at radius 3 is 2.68 bits per heavy atom. The van der Waals surface area contributed by atoms with Crippen LogP contribution in [0.2, 0.25) is 0 Å². The molecular weight excluding hydrogens is 244 g/mol. The van der Waals surface area contributed by atoms with Crippen LogP contribution in [0, 0.1) is 10.1 Å². The van der Waals surface area contributed by atoms with Crippen molar-refractivity contribution in [1.82, 2.24) is 10.6 Å². The van der Waals surface area contributed by atoms with Gasteiger partial charge < -0.3 is 10.6 Å². The number of guanidine groups is 1.